The number of hydrogen-bond donors (Lipinski definition) is 0. The molecule has 0 saturated heterocycles. The zero-order valence-corrected chi connectivity index (χ0v) is 32.1. The van der Waals surface area contributed by atoms with E-state index in [-0.39, 0.29) is 0 Å². The minimum atomic E-state index is -0.525. The number of nitrogens with zero attached hydrogens (tertiary/aromatic N) is 4. The SMILES string of the molecule is c1ccc(-c2nc(-c3ccccc3)nc(-c3ccc(-c4ccc(-c5nc6c(c7ccccc57)C(c5ccccc5)(c5ccccc5)c5ccccc5-6)cc4)cc3)n2)cc1. The second-order valence-electron chi connectivity index (χ2n) is 15.0. The van der Waals surface area contributed by atoms with E-state index < -0.39 is 5.41 Å². The molecule has 4 heteroatoms. The van der Waals surface area contributed by atoms with Crippen LogP contribution in [0.15, 0.2) is 218 Å². The number of benzene rings is 8. The van der Waals surface area contributed by atoms with Crippen LogP contribution in [0.1, 0.15) is 22.3 Å². The summed E-state index contributed by atoms with van der Waals surface area (Å²) >= 11 is 0. The van der Waals surface area contributed by atoms with E-state index in [4.69, 9.17) is 19.9 Å². The molecule has 0 bridgehead atoms. The molecular formula is C55H36N4. The van der Waals surface area contributed by atoms with Crippen LogP contribution in [0.4, 0.5) is 0 Å². The van der Waals surface area contributed by atoms with Crippen molar-refractivity contribution in [3.8, 4) is 67.8 Å². The molecule has 0 radical (unpaired) electrons. The Kier molecular flexibility index (Phi) is 8.34. The maximum absolute atomic E-state index is 5.63. The summed E-state index contributed by atoms with van der Waals surface area (Å²) in [5.41, 5.74) is 13.7. The third-order valence-corrected chi connectivity index (χ3v) is 11.6. The van der Waals surface area contributed by atoms with Crippen molar-refractivity contribution in [2.75, 3.05) is 0 Å². The third kappa shape index (κ3) is 5.76. The summed E-state index contributed by atoms with van der Waals surface area (Å²) < 4.78 is 0. The molecule has 8 aromatic carbocycles. The molecule has 0 aliphatic heterocycles. The zero-order valence-electron chi connectivity index (χ0n) is 32.1. The molecule has 0 unspecified atom stereocenters. The van der Waals surface area contributed by atoms with Gasteiger partial charge in [-0.15, -0.1) is 0 Å². The van der Waals surface area contributed by atoms with Gasteiger partial charge in [-0.3, -0.25) is 0 Å². The number of pyridine rings is 1. The van der Waals surface area contributed by atoms with Gasteiger partial charge in [-0.05, 0) is 33.2 Å². The molecule has 276 valence electrons. The van der Waals surface area contributed by atoms with Crippen molar-refractivity contribution < 1.29 is 0 Å². The topological polar surface area (TPSA) is 51.6 Å². The van der Waals surface area contributed by atoms with E-state index in [2.05, 4.69) is 158 Å². The summed E-state index contributed by atoms with van der Waals surface area (Å²) in [5, 5.41) is 2.34. The molecule has 0 spiro atoms. The molecule has 0 fully saturated rings. The van der Waals surface area contributed by atoms with E-state index in [9.17, 15) is 0 Å². The molecule has 1 aliphatic rings. The van der Waals surface area contributed by atoms with E-state index in [1.165, 1.54) is 33.2 Å². The fraction of sp³-hybridized carbons (Fsp3) is 0.0182. The smallest absolute Gasteiger partial charge is 0.164 e. The van der Waals surface area contributed by atoms with Gasteiger partial charge >= 0.3 is 0 Å². The summed E-state index contributed by atoms with van der Waals surface area (Å²) in [5.74, 6) is 1.94. The second kappa shape index (κ2) is 14.3. The first-order valence-corrected chi connectivity index (χ1v) is 20.0. The predicted molar refractivity (Wildman–Crippen MR) is 240 cm³/mol. The van der Waals surface area contributed by atoms with E-state index >= 15 is 0 Å². The number of aromatic nitrogens is 4. The molecule has 0 amide bonds. The molecule has 59 heavy (non-hydrogen) atoms. The Bertz CT molecular complexity index is 3010. The Hall–Kier alpha value is -7.82. The second-order valence-corrected chi connectivity index (χ2v) is 15.0. The zero-order chi connectivity index (χ0) is 39.2. The molecular weight excluding hydrogens is 717 g/mol. The highest BCUT2D eigenvalue weighted by molar-refractivity contribution is 6.04. The van der Waals surface area contributed by atoms with Crippen molar-refractivity contribution in [1.29, 1.82) is 0 Å². The highest BCUT2D eigenvalue weighted by atomic mass is 15.0. The maximum atomic E-state index is 5.63. The van der Waals surface area contributed by atoms with Crippen molar-refractivity contribution in [2.24, 2.45) is 0 Å². The summed E-state index contributed by atoms with van der Waals surface area (Å²) in [7, 11) is 0. The van der Waals surface area contributed by atoms with Gasteiger partial charge in [-0.25, -0.2) is 19.9 Å². The molecule has 0 N–H and O–H groups in total. The fourth-order valence-electron chi connectivity index (χ4n) is 8.92. The van der Waals surface area contributed by atoms with Gasteiger partial charge in [0.15, 0.2) is 17.5 Å². The highest BCUT2D eigenvalue weighted by Gasteiger charge is 2.48. The molecule has 4 nitrogen and oxygen atoms in total. The Morgan fingerprint density at radius 3 is 1.19 bits per heavy atom. The van der Waals surface area contributed by atoms with E-state index in [0.29, 0.717) is 17.5 Å². The van der Waals surface area contributed by atoms with Gasteiger partial charge in [-0.2, -0.15) is 0 Å². The Morgan fingerprint density at radius 2 is 0.661 bits per heavy atom. The van der Waals surface area contributed by atoms with Crippen molar-refractivity contribution >= 4 is 10.8 Å². The van der Waals surface area contributed by atoms with Crippen LogP contribution in [0.25, 0.3) is 78.6 Å². The van der Waals surface area contributed by atoms with Gasteiger partial charge in [0.25, 0.3) is 0 Å². The van der Waals surface area contributed by atoms with Crippen LogP contribution in [0.3, 0.4) is 0 Å². The van der Waals surface area contributed by atoms with Gasteiger partial charge in [0.05, 0.1) is 16.8 Å². The van der Waals surface area contributed by atoms with Crippen molar-refractivity contribution in [3.05, 3.63) is 241 Å². The number of rotatable bonds is 7. The summed E-state index contributed by atoms with van der Waals surface area (Å²) in [6.07, 6.45) is 0. The maximum Gasteiger partial charge on any atom is 0.164 e. The van der Waals surface area contributed by atoms with Crippen LogP contribution in [0, 0.1) is 0 Å². The molecule has 1 aliphatic carbocycles. The lowest BCUT2D eigenvalue weighted by atomic mass is 9.67. The standard InChI is InChI=1S/C55H36N4/c1-5-17-40(18-6-1)52-57-53(41-19-7-2-8-20-41)59-54(58-52)42-35-31-38(32-36-42)37-29-33-39(34-30-37)50-46-26-14-13-25-45(46)49-51(56-50)47-27-15-16-28-48(47)55(49,43-21-9-3-10-22-43)44-23-11-4-12-24-44/h1-36H. The molecule has 11 rings (SSSR count). The van der Waals surface area contributed by atoms with Crippen LogP contribution in [0.5, 0.6) is 0 Å². The largest absolute Gasteiger partial charge is 0.247 e. The van der Waals surface area contributed by atoms with Crippen molar-refractivity contribution in [3.63, 3.8) is 0 Å². The van der Waals surface area contributed by atoms with Gasteiger partial charge in [0.2, 0.25) is 0 Å². The predicted octanol–water partition coefficient (Wildman–Crippen LogP) is 13.1. The monoisotopic (exact) mass is 752 g/mol. The van der Waals surface area contributed by atoms with Gasteiger partial charge in [-0.1, -0.05) is 218 Å². The van der Waals surface area contributed by atoms with Crippen LogP contribution >= 0.6 is 0 Å². The number of fused-ring (bicyclic) bond motifs is 5. The highest BCUT2D eigenvalue weighted by Crippen LogP contribution is 2.58. The summed E-state index contributed by atoms with van der Waals surface area (Å²) in [4.78, 5) is 20.3. The lowest BCUT2D eigenvalue weighted by Gasteiger charge is -2.34. The molecule has 0 saturated carbocycles. The van der Waals surface area contributed by atoms with E-state index in [0.717, 1.165) is 50.2 Å². The fourth-order valence-corrected chi connectivity index (χ4v) is 8.92. The molecule has 10 aromatic rings. The van der Waals surface area contributed by atoms with Gasteiger partial charge < -0.3 is 0 Å². The van der Waals surface area contributed by atoms with Gasteiger partial charge in [0.1, 0.15) is 0 Å². The third-order valence-electron chi connectivity index (χ3n) is 11.6. The Morgan fingerprint density at radius 1 is 0.271 bits per heavy atom. The average Bonchev–Trinajstić information content (AvgIpc) is 3.63. The summed E-state index contributed by atoms with van der Waals surface area (Å²) in [6, 6.07) is 76.9. The quantitative estimate of drug-likeness (QED) is 0.163. The Balaban J connectivity index is 0.994. The van der Waals surface area contributed by atoms with Crippen LogP contribution in [0.2, 0.25) is 0 Å². The molecule has 2 heterocycles. The van der Waals surface area contributed by atoms with Gasteiger partial charge in [0, 0.05) is 38.8 Å². The Labute approximate surface area is 343 Å². The van der Waals surface area contributed by atoms with Crippen LogP contribution < -0.4 is 0 Å². The summed E-state index contributed by atoms with van der Waals surface area (Å²) in [6.45, 7) is 0. The molecule has 2 aromatic heterocycles. The lowest BCUT2D eigenvalue weighted by molar-refractivity contribution is 0.774. The first-order valence-electron chi connectivity index (χ1n) is 20.0. The average molecular weight is 753 g/mol. The van der Waals surface area contributed by atoms with Crippen LogP contribution in [-0.4, -0.2) is 19.9 Å². The van der Waals surface area contributed by atoms with E-state index in [1.807, 2.05) is 60.7 Å². The van der Waals surface area contributed by atoms with Crippen molar-refractivity contribution in [2.45, 2.75) is 5.41 Å². The van der Waals surface area contributed by atoms with E-state index in [1.54, 1.807) is 0 Å². The lowest BCUT2D eigenvalue weighted by Crippen LogP contribution is -2.29. The van der Waals surface area contributed by atoms with Crippen molar-refractivity contribution in [1.82, 2.24) is 19.9 Å². The minimum Gasteiger partial charge on any atom is -0.247 e. The first-order chi connectivity index (χ1) is 29.3. The minimum absolute atomic E-state index is 0.525. The molecule has 0 atom stereocenters. The van der Waals surface area contributed by atoms with Crippen LogP contribution in [-0.2, 0) is 5.41 Å². The normalized spacial score (nSPS) is 12.5. The first kappa shape index (κ1) is 34.4. The number of hydrogen-bond acceptors (Lipinski definition) is 4.